The standard InChI is InChI=1S/C24H30N2O6S/c1-4-30-24(29)10-9-22(27)26(17(2)3)15-23(28)25(14-19-6-5-11-33-19)13-18-7-8-20-21(12-18)32-16-31-20/h5-8,11-12,17H,4,9-10,13-16H2,1-3H3. The van der Waals surface area contributed by atoms with Crippen LogP contribution in [0.15, 0.2) is 35.7 Å². The maximum absolute atomic E-state index is 13.4. The van der Waals surface area contributed by atoms with Crippen molar-refractivity contribution in [3.05, 3.63) is 46.2 Å². The highest BCUT2D eigenvalue weighted by Gasteiger charge is 2.25. The molecule has 0 bridgehead atoms. The normalized spacial score (nSPS) is 12.0. The van der Waals surface area contributed by atoms with E-state index in [1.165, 1.54) is 4.90 Å². The fourth-order valence-corrected chi connectivity index (χ4v) is 4.19. The van der Waals surface area contributed by atoms with Gasteiger partial charge in [-0.25, -0.2) is 0 Å². The van der Waals surface area contributed by atoms with Gasteiger partial charge in [0.15, 0.2) is 11.5 Å². The summed E-state index contributed by atoms with van der Waals surface area (Å²) in [6.07, 6.45) is 0.0115. The zero-order chi connectivity index (χ0) is 23.8. The first-order valence-corrected chi connectivity index (χ1v) is 11.9. The average molecular weight is 475 g/mol. The minimum absolute atomic E-state index is 0.000188. The van der Waals surface area contributed by atoms with Gasteiger partial charge < -0.3 is 24.0 Å². The summed E-state index contributed by atoms with van der Waals surface area (Å²) < 4.78 is 15.7. The van der Waals surface area contributed by atoms with E-state index in [0.29, 0.717) is 24.6 Å². The first kappa shape index (κ1) is 24.6. The molecule has 0 spiro atoms. The molecule has 9 heteroatoms. The number of hydrogen-bond acceptors (Lipinski definition) is 7. The van der Waals surface area contributed by atoms with E-state index in [2.05, 4.69) is 0 Å². The number of nitrogens with zero attached hydrogens (tertiary/aromatic N) is 2. The minimum atomic E-state index is -0.414. The van der Waals surface area contributed by atoms with E-state index in [1.54, 1.807) is 23.2 Å². The Bertz CT molecular complexity index is 960. The van der Waals surface area contributed by atoms with Gasteiger partial charge in [-0.3, -0.25) is 14.4 Å². The Morgan fingerprint density at radius 1 is 1.06 bits per heavy atom. The molecule has 178 valence electrons. The summed E-state index contributed by atoms with van der Waals surface area (Å²) in [7, 11) is 0. The monoisotopic (exact) mass is 474 g/mol. The van der Waals surface area contributed by atoms with Crippen molar-refractivity contribution in [2.75, 3.05) is 19.9 Å². The van der Waals surface area contributed by atoms with E-state index in [9.17, 15) is 14.4 Å². The van der Waals surface area contributed by atoms with Gasteiger partial charge in [0.2, 0.25) is 18.6 Å². The summed E-state index contributed by atoms with van der Waals surface area (Å²) in [5.41, 5.74) is 0.911. The predicted molar refractivity (Wildman–Crippen MR) is 124 cm³/mol. The lowest BCUT2D eigenvalue weighted by molar-refractivity contribution is -0.147. The molecule has 0 atom stereocenters. The van der Waals surface area contributed by atoms with Gasteiger partial charge in [0.1, 0.15) is 0 Å². The van der Waals surface area contributed by atoms with Gasteiger partial charge in [0, 0.05) is 23.9 Å². The molecule has 0 N–H and O–H groups in total. The van der Waals surface area contributed by atoms with Crippen molar-refractivity contribution in [2.24, 2.45) is 0 Å². The van der Waals surface area contributed by atoms with Gasteiger partial charge in [-0.2, -0.15) is 0 Å². The number of rotatable bonds is 11. The van der Waals surface area contributed by atoms with Crippen LogP contribution < -0.4 is 9.47 Å². The number of esters is 1. The van der Waals surface area contributed by atoms with Crippen molar-refractivity contribution >= 4 is 29.1 Å². The van der Waals surface area contributed by atoms with Gasteiger partial charge in [-0.05, 0) is 49.9 Å². The number of fused-ring (bicyclic) bond motifs is 1. The van der Waals surface area contributed by atoms with Crippen LogP contribution in [0.4, 0.5) is 0 Å². The predicted octanol–water partition coefficient (Wildman–Crippen LogP) is 3.59. The van der Waals surface area contributed by atoms with Crippen LogP contribution in [0.25, 0.3) is 0 Å². The molecule has 2 amide bonds. The number of carbonyl (C=O) groups excluding carboxylic acids is 3. The molecule has 3 rings (SSSR count). The third-order valence-corrected chi connectivity index (χ3v) is 6.05. The third kappa shape index (κ3) is 6.95. The van der Waals surface area contributed by atoms with Gasteiger partial charge in [-0.15, -0.1) is 11.3 Å². The molecule has 0 fully saturated rings. The van der Waals surface area contributed by atoms with Crippen LogP contribution >= 0.6 is 11.3 Å². The van der Waals surface area contributed by atoms with Crippen molar-refractivity contribution in [2.45, 2.75) is 52.7 Å². The van der Waals surface area contributed by atoms with E-state index < -0.39 is 5.97 Å². The number of ether oxygens (including phenoxy) is 3. The van der Waals surface area contributed by atoms with Crippen LogP contribution in [0.1, 0.15) is 44.1 Å². The second kappa shape index (κ2) is 11.7. The molecule has 2 heterocycles. The smallest absolute Gasteiger partial charge is 0.306 e. The molecule has 0 saturated carbocycles. The van der Waals surface area contributed by atoms with Gasteiger partial charge in [-0.1, -0.05) is 12.1 Å². The molecule has 1 aliphatic rings. The summed E-state index contributed by atoms with van der Waals surface area (Å²) in [6.45, 7) is 6.65. The Balaban J connectivity index is 1.70. The molecule has 0 radical (unpaired) electrons. The van der Waals surface area contributed by atoms with E-state index in [-0.39, 0.29) is 50.6 Å². The number of thiophene rings is 1. The van der Waals surface area contributed by atoms with Crippen molar-refractivity contribution in [3.63, 3.8) is 0 Å². The van der Waals surface area contributed by atoms with Gasteiger partial charge in [0.25, 0.3) is 0 Å². The lowest BCUT2D eigenvalue weighted by Gasteiger charge is -2.30. The van der Waals surface area contributed by atoms with Crippen molar-refractivity contribution in [1.82, 2.24) is 9.80 Å². The fraction of sp³-hybridized carbons (Fsp3) is 0.458. The molecular formula is C24H30N2O6S. The molecule has 1 aromatic heterocycles. The molecule has 0 unspecified atom stereocenters. The summed E-state index contributed by atoms with van der Waals surface area (Å²) in [5, 5.41) is 1.97. The largest absolute Gasteiger partial charge is 0.466 e. The highest BCUT2D eigenvalue weighted by Crippen LogP contribution is 2.33. The lowest BCUT2D eigenvalue weighted by Crippen LogP contribution is -2.45. The molecule has 33 heavy (non-hydrogen) atoms. The number of benzene rings is 1. The maximum atomic E-state index is 13.4. The van der Waals surface area contributed by atoms with E-state index in [0.717, 1.165) is 10.4 Å². The first-order valence-electron chi connectivity index (χ1n) is 11.0. The highest BCUT2D eigenvalue weighted by atomic mass is 32.1. The fourth-order valence-electron chi connectivity index (χ4n) is 3.47. The minimum Gasteiger partial charge on any atom is -0.466 e. The van der Waals surface area contributed by atoms with E-state index >= 15 is 0 Å². The molecule has 0 aliphatic carbocycles. The van der Waals surface area contributed by atoms with E-state index in [1.807, 2.05) is 49.6 Å². The van der Waals surface area contributed by atoms with Crippen molar-refractivity contribution in [3.8, 4) is 11.5 Å². The molecule has 1 aliphatic heterocycles. The number of amides is 2. The van der Waals surface area contributed by atoms with Crippen LogP contribution in [0, 0.1) is 0 Å². The van der Waals surface area contributed by atoms with Gasteiger partial charge in [0.05, 0.1) is 26.1 Å². The van der Waals surface area contributed by atoms with Crippen LogP contribution in [0.5, 0.6) is 11.5 Å². The second-order valence-corrected chi connectivity index (χ2v) is 8.97. The zero-order valence-electron chi connectivity index (χ0n) is 19.2. The molecular weight excluding hydrogens is 444 g/mol. The summed E-state index contributed by atoms with van der Waals surface area (Å²) >= 11 is 1.58. The topological polar surface area (TPSA) is 85.4 Å². The van der Waals surface area contributed by atoms with Gasteiger partial charge >= 0.3 is 5.97 Å². The maximum Gasteiger partial charge on any atom is 0.306 e. The first-order chi connectivity index (χ1) is 15.9. The average Bonchev–Trinajstić information content (AvgIpc) is 3.46. The summed E-state index contributed by atoms with van der Waals surface area (Å²) in [4.78, 5) is 42.1. The van der Waals surface area contributed by atoms with Crippen molar-refractivity contribution in [1.29, 1.82) is 0 Å². The molecule has 1 aromatic carbocycles. The Labute approximate surface area is 198 Å². The zero-order valence-corrected chi connectivity index (χ0v) is 20.1. The second-order valence-electron chi connectivity index (χ2n) is 7.94. The molecule has 2 aromatic rings. The Kier molecular flexibility index (Phi) is 8.71. The molecule has 8 nitrogen and oxygen atoms in total. The quantitative estimate of drug-likeness (QED) is 0.463. The Morgan fingerprint density at radius 2 is 1.85 bits per heavy atom. The van der Waals surface area contributed by atoms with Crippen LogP contribution in [-0.2, 0) is 32.2 Å². The highest BCUT2D eigenvalue weighted by molar-refractivity contribution is 7.09. The van der Waals surface area contributed by atoms with Crippen LogP contribution in [0.2, 0.25) is 0 Å². The number of carbonyl (C=O) groups is 3. The van der Waals surface area contributed by atoms with Crippen LogP contribution in [-0.4, -0.2) is 53.6 Å². The molecule has 0 saturated heterocycles. The summed E-state index contributed by atoms with van der Waals surface area (Å²) in [6, 6.07) is 9.37. The SMILES string of the molecule is CCOC(=O)CCC(=O)N(CC(=O)N(Cc1ccc2c(c1)OCO2)Cc1cccs1)C(C)C. The lowest BCUT2D eigenvalue weighted by atomic mass is 10.1. The van der Waals surface area contributed by atoms with Crippen LogP contribution in [0.3, 0.4) is 0 Å². The number of hydrogen-bond donors (Lipinski definition) is 0. The summed E-state index contributed by atoms with van der Waals surface area (Å²) in [5.74, 6) is 0.523. The third-order valence-electron chi connectivity index (χ3n) is 5.19. The Morgan fingerprint density at radius 3 is 2.55 bits per heavy atom. The van der Waals surface area contributed by atoms with Crippen molar-refractivity contribution < 1.29 is 28.6 Å². The van der Waals surface area contributed by atoms with E-state index in [4.69, 9.17) is 14.2 Å². The Hall–Kier alpha value is -3.07.